The molecule has 0 N–H and O–H groups in total. The highest BCUT2D eigenvalue weighted by atomic mass is 16.6. The van der Waals surface area contributed by atoms with Crippen molar-refractivity contribution in [3.63, 3.8) is 0 Å². The van der Waals surface area contributed by atoms with E-state index in [2.05, 4.69) is 11.8 Å². The molecule has 2 nitrogen and oxygen atoms in total. The molecule has 0 spiro atoms. The van der Waals surface area contributed by atoms with Crippen molar-refractivity contribution in [2.24, 2.45) is 5.92 Å². The third kappa shape index (κ3) is 3.49. The van der Waals surface area contributed by atoms with Crippen LogP contribution in [0.25, 0.3) is 0 Å². The van der Waals surface area contributed by atoms with E-state index in [1.54, 1.807) is 0 Å². The highest BCUT2D eigenvalue weighted by molar-refractivity contribution is 5.67. The molecular weight excluding hydrogens is 212 g/mol. The first-order chi connectivity index (χ1) is 8.20. The highest BCUT2D eigenvalue weighted by Crippen LogP contribution is 2.33. The van der Waals surface area contributed by atoms with Crippen LogP contribution >= 0.6 is 0 Å². The summed E-state index contributed by atoms with van der Waals surface area (Å²) in [4.78, 5) is 11.2. The third-order valence-corrected chi connectivity index (χ3v) is 3.86. The minimum Gasteiger partial charge on any atom is -0.446 e. The molecule has 2 rings (SSSR count). The van der Waals surface area contributed by atoms with E-state index in [9.17, 15) is 4.79 Å². The molecule has 0 bridgehead atoms. The first kappa shape index (κ1) is 12.5. The summed E-state index contributed by atoms with van der Waals surface area (Å²) in [6.07, 6.45) is 10.5. The van der Waals surface area contributed by atoms with Crippen LogP contribution < -0.4 is 0 Å². The molecular formula is C15H22O2. The van der Waals surface area contributed by atoms with E-state index in [0.717, 1.165) is 25.7 Å². The van der Waals surface area contributed by atoms with Crippen LogP contribution in [-0.2, 0) is 9.53 Å². The highest BCUT2D eigenvalue weighted by Gasteiger charge is 2.35. The van der Waals surface area contributed by atoms with Crippen molar-refractivity contribution in [2.45, 2.75) is 70.3 Å². The minimum absolute atomic E-state index is 0.190. The molecule has 0 saturated heterocycles. The van der Waals surface area contributed by atoms with E-state index in [-0.39, 0.29) is 5.97 Å². The first-order valence-electron chi connectivity index (χ1n) is 6.92. The lowest BCUT2D eigenvalue weighted by atomic mass is 9.89. The van der Waals surface area contributed by atoms with Crippen molar-refractivity contribution in [1.82, 2.24) is 0 Å². The Morgan fingerprint density at radius 3 is 2.35 bits per heavy atom. The molecule has 0 aromatic rings. The molecule has 0 atom stereocenters. The quantitative estimate of drug-likeness (QED) is 0.513. The number of esters is 1. The zero-order valence-corrected chi connectivity index (χ0v) is 10.8. The molecule has 0 aliphatic heterocycles. The Bertz CT molecular complexity index is 323. The van der Waals surface area contributed by atoms with Gasteiger partial charge in [-0.1, -0.05) is 31.1 Å². The van der Waals surface area contributed by atoms with Crippen LogP contribution in [0.5, 0.6) is 0 Å². The van der Waals surface area contributed by atoms with Gasteiger partial charge in [-0.15, -0.1) is 0 Å². The SMILES string of the molecule is CC(=O)OC1(C#CC2CCCCC2)CCCC1. The Morgan fingerprint density at radius 1 is 1.12 bits per heavy atom. The molecule has 17 heavy (non-hydrogen) atoms. The fraction of sp³-hybridized carbons (Fsp3) is 0.800. The average molecular weight is 234 g/mol. The van der Waals surface area contributed by atoms with Gasteiger partial charge in [0.05, 0.1) is 0 Å². The molecule has 0 radical (unpaired) electrons. The largest absolute Gasteiger partial charge is 0.446 e. The van der Waals surface area contributed by atoms with Crippen LogP contribution in [-0.4, -0.2) is 11.6 Å². The standard InChI is InChI=1S/C15H22O2/c1-13(16)17-15(10-5-6-11-15)12-9-14-7-3-2-4-8-14/h14H,2-8,10-11H2,1H3. The van der Waals surface area contributed by atoms with E-state index < -0.39 is 5.60 Å². The summed E-state index contributed by atoms with van der Waals surface area (Å²) in [5.74, 6) is 7.03. The Hall–Kier alpha value is -0.970. The van der Waals surface area contributed by atoms with Crippen molar-refractivity contribution in [3.8, 4) is 11.8 Å². The Labute approximate surface area is 104 Å². The van der Waals surface area contributed by atoms with Crippen molar-refractivity contribution in [3.05, 3.63) is 0 Å². The lowest BCUT2D eigenvalue weighted by molar-refractivity contribution is -0.151. The van der Waals surface area contributed by atoms with Crippen LogP contribution in [0.15, 0.2) is 0 Å². The number of carbonyl (C=O) groups excluding carboxylic acids is 1. The molecule has 2 fully saturated rings. The van der Waals surface area contributed by atoms with Crippen LogP contribution in [0.2, 0.25) is 0 Å². The van der Waals surface area contributed by atoms with E-state index in [4.69, 9.17) is 4.74 Å². The normalized spacial score (nSPS) is 23.8. The predicted molar refractivity (Wildman–Crippen MR) is 67.3 cm³/mol. The minimum atomic E-state index is -0.441. The van der Waals surface area contributed by atoms with E-state index in [1.165, 1.54) is 39.0 Å². The lowest BCUT2D eigenvalue weighted by Gasteiger charge is -2.23. The van der Waals surface area contributed by atoms with Crippen LogP contribution in [0.3, 0.4) is 0 Å². The van der Waals surface area contributed by atoms with E-state index in [0.29, 0.717) is 5.92 Å². The maximum absolute atomic E-state index is 11.2. The lowest BCUT2D eigenvalue weighted by Crippen LogP contribution is -2.29. The third-order valence-electron chi connectivity index (χ3n) is 3.86. The van der Waals surface area contributed by atoms with Gasteiger partial charge in [0.25, 0.3) is 0 Å². The predicted octanol–water partition coefficient (Wildman–Crippen LogP) is 3.45. The zero-order valence-electron chi connectivity index (χ0n) is 10.8. The van der Waals surface area contributed by atoms with Gasteiger partial charge in [0.1, 0.15) is 0 Å². The van der Waals surface area contributed by atoms with E-state index in [1.807, 2.05) is 0 Å². The van der Waals surface area contributed by atoms with E-state index >= 15 is 0 Å². The van der Waals surface area contributed by atoms with Crippen LogP contribution in [0, 0.1) is 17.8 Å². The van der Waals surface area contributed by atoms with Gasteiger partial charge in [0.2, 0.25) is 0 Å². The van der Waals surface area contributed by atoms with Gasteiger partial charge in [0.15, 0.2) is 5.60 Å². The summed E-state index contributed by atoms with van der Waals surface area (Å²) in [5.41, 5.74) is -0.441. The smallest absolute Gasteiger partial charge is 0.304 e. The van der Waals surface area contributed by atoms with Crippen LogP contribution in [0.1, 0.15) is 64.7 Å². The van der Waals surface area contributed by atoms with Gasteiger partial charge < -0.3 is 4.74 Å². The molecule has 2 aliphatic rings. The monoisotopic (exact) mass is 234 g/mol. The molecule has 94 valence electrons. The summed E-state index contributed by atoms with van der Waals surface area (Å²) in [6, 6.07) is 0. The number of hydrogen-bond acceptors (Lipinski definition) is 2. The Balaban J connectivity index is 2.01. The topological polar surface area (TPSA) is 26.3 Å². The second-order valence-corrected chi connectivity index (χ2v) is 5.40. The second-order valence-electron chi connectivity index (χ2n) is 5.40. The molecule has 2 saturated carbocycles. The summed E-state index contributed by atoms with van der Waals surface area (Å²) >= 11 is 0. The number of hydrogen-bond donors (Lipinski definition) is 0. The van der Waals surface area contributed by atoms with Crippen molar-refractivity contribution >= 4 is 5.97 Å². The average Bonchev–Trinajstić information content (AvgIpc) is 2.76. The molecule has 0 heterocycles. The maximum atomic E-state index is 11.2. The molecule has 2 aliphatic carbocycles. The van der Waals surface area contributed by atoms with Gasteiger partial charge in [-0.25, -0.2) is 0 Å². The molecule has 0 aromatic carbocycles. The Kier molecular flexibility index (Phi) is 4.10. The fourth-order valence-corrected chi connectivity index (χ4v) is 2.95. The molecule has 0 aromatic heterocycles. The van der Waals surface area contributed by atoms with Gasteiger partial charge in [-0.3, -0.25) is 4.79 Å². The van der Waals surface area contributed by atoms with Crippen molar-refractivity contribution in [2.75, 3.05) is 0 Å². The van der Waals surface area contributed by atoms with Gasteiger partial charge in [0, 0.05) is 12.8 Å². The van der Waals surface area contributed by atoms with Crippen LogP contribution in [0.4, 0.5) is 0 Å². The van der Waals surface area contributed by atoms with Crippen molar-refractivity contribution < 1.29 is 9.53 Å². The summed E-state index contributed by atoms with van der Waals surface area (Å²) in [5, 5.41) is 0. The van der Waals surface area contributed by atoms with Gasteiger partial charge in [-0.05, 0) is 38.5 Å². The molecule has 0 amide bonds. The van der Waals surface area contributed by atoms with Gasteiger partial charge >= 0.3 is 5.97 Å². The molecule has 2 heteroatoms. The zero-order chi connectivity index (χ0) is 12.1. The molecule has 0 unspecified atom stereocenters. The maximum Gasteiger partial charge on any atom is 0.304 e. The fourth-order valence-electron chi connectivity index (χ4n) is 2.95. The Morgan fingerprint density at radius 2 is 1.76 bits per heavy atom. The van der Waals surface area contributed by atoms with Crippen molar-refractivity contribution in [1.29, 1.82) is 0 Å². The number of rotatable bonds is 1. The van der Waals surface area contributed by atoms with Gasteiger partial charge in [-0.2, -0.15) is 0 Å². The first-order valence-corrected chi connectivity index (χ1v) is 6.92. The summed E-state index contributed by atoms with van der Waals surface area (Å²) in [6.45, 7) is 1.49. The summed E-state index contributed by atoms with van der Waals surface area (Å²) < 4.78 is 5.48. The number of carbonyl (C=O) groups is 1. The number of ether oxygens (including phenoxy) is 1. The summed E-state index contributed by atoms with van der Waals surface area (Å²) in [7, 11) is 0. The second kappa shape index (κ2) is 5.58.